The van der Waals surface area contributed by atoms with Gasteiger partial charge in [0.15, 0.2) is 0 Å². The Morgan fingerprint density at radius 3 is 2.38 bits per heavy atom. The van der Waals surface area contributed by atoms with Gasteiger partial charge in [-0.3, -0.25) is 34.9 Å². The van der Waals surface area contributed by atoms with Crippen molar-refractivity contribution in [2.45, 2.75) is 33.2 Å². The summed E-state index contributed by atoms with van der Waals surface area (Å²) in [7, 11) is 0. The minimum atomic E-state index is -1.11. The van der Waals surface area contributed by atoms with Gasteiger partial charge < -0.3 is 4.98 Å². The number of hydrogen-bond donors (Lipinski definition) is 3. The monoisotopic (exact) mass is 527 g/mol. The second-order valence-electron chi connectivity index (χ2n) is 9.27. The van der Waals surface area contributed by atoms with Gasteiger partial charge in [0.2, 0.25) is 17.8 Å². The lowest BCUT2D eigenvalue weighted by atomic mass is 10.1. The highest BCUT2D eigenvalue weighted by Gasteiger charge is 2.40. The first-order valence-electron chi connectivity index (χ1n) is 12.4. The molecule has 2 aromatic heterocycles. The standard InChI is InChI=1S/C28H26FN7O3/c1-15-12-16(2)33-28(32-15)35-27(30-11-10-18-14-31-23-9-8-19(29)13-22(18)23)34-24(37)17(3)36-25(38)20-6-4-5-7-21(20)26(36)39/h4-9,12-14,17,31H,10-11H2,1-3H3,(H2,30,32,33,34,35,37). The van der Waals surface area contributed by atoms with E-state index in [9.17, 15) is 18.8 Å². The van der Waals surface area contributed by atoms with Crippen LogP contribution in [-0.4, -0.2) is 56.1 Å². The van der Waals surface area contributed by atoms with Crippen molar-refractivity contribution in [2.75, 3.05) is 11.9 Å². The summed E-state index contributed by atoms with van der Waals surface area (Å²) in [6.07, 6.45) is 2.24. The van der Waals surface area contributed by atoms with Crippen LogP contribution in [0.1, 0.15) is 44.6 Å². The average Bonchev–Trinajstić information content (AvgIpc) is 3.40. The van der Waals surface area contributed by atoms with Crippen molar-refractivity contribution in [1.29, 1.82) is 0 Å². The van der Waals surface area contributed by atoms with Crippen molar-refractivity contribution in [2.24, 2.45) is 4.99 Å². The van der Waals surface area contributed by atoms with E-state index in [2.05, 4.69) is 30.6 Å². The highest BCUT2D eigenvalue weighted by molar-refractivity contribution is 6.23. The Labute approximate surface area is 223 Å². The summed E-state index contributed by atoms with van der Waals surface area (Å²) < 4.78 is 13.8. The van der Waals surface area contributed by atoms with E-state index in [1.54, 1.807) is 42.6 Å². The fourth-order valence-electron chi connectivity index (χ4n) is 4.54. The van der Waals surface area contributed by atoms with Gasteiger partial charge in [-0.2, -0.15) is 0 Å². The third-order valence-electron chi connectivity index (χ3n) is 6.43. The fraction of sp³-hybridized carbons (Fsp3) is 0.214. The minimum absolute atomic E-state index is 0.0551. The van der Waals surface area contributed by atoms with Crippen molar-refractivity contribution in [3.8, 4) is 0 Å². The van der Waals surface area contributed by atoms with Gasteiger partial charge in [-0.25, -0.2) is 14.4 Å². The molecule has 2 aromatic carbocycles. The molecule has 4 aromatic rings. The third kappa shape index (κ3) is 5.24. The number of carbonyl (C=O) groups excluding carboxylic acids is 3. The van der Waals surface area contributed by atoms with Crippen LogP contribution in [0.4, 0.5) is 10.3 Å². The first kappa shape index (κ1) is 25.7. The lowest BCUT2D eigenvalue weighted by Crippen LogP contribution is -2.50. The summed E-state index contributed by atoms with van der Waals surface area (Å²) in [6.45, 7) is 5.34. The molecule has 3 amide bonds. The molecular formula is C28H26FN7O3. The normalized spacial score (nSPS) is 14.1. The molecule has 0 bridgehead atoms. The van der Waals surface area contributed by atoms with E-state index in [4.69, 9.17) is 0 Å². The van der Waals surface area contributed by atoms with Crippen LogP contribution in [0.15, 0.2) is 59.7 Å². The van der Waals surface area contributed by atoms with Gasteiger partial charge in [-0.1, -0.05) is 12.1 Å². The molecular weight excluding hydrogens is 501 g/mol. The van der Waals surface area contributed by atoms with Crippen LogP contribution in [0.3, 0.4) is 0 Å². The van der Waals surface area contributed by atoms with Crippen LogP contribution >= 0.6 is 0 Å². The fourth-order valence-corrected chi connectivity index (χ4v) is 4.54. The van der Waals surface area contributed by atoms with Crippen molar-refractivity contribution >= 4 is 40.5 Å². The topological polar surface area (TPSA) is 132 Å². The number of rotatable bonds is 6. The van der Waals surface area contributed by atoms with Crippen molar-refractivity contribution in [3.63, 3.8) is 0 Å². The number of fused-ring (bicyclic) bond motifs is 2. The number of halogens is 1. The van der Waals surface area contributed by atoms with E-state index in [1.807, 2.05) is 13.8 Å². The van der Waals surface area contributed by atoms with Crippen LogP contribution in [-0.2, 0) is 11.2 Å². The van der Waals surface area contributed by atoms with Gasteiger partial charge >= 0.3 is 0 Å². The molecule has 5 rings (SSSR count). The number of H-pyrrole nitrogens is 1. The first-order valence-corrected chi connectivity index (χ1v) is 12.4. The zero-order valence-electron chi connectivity index (χ0n) is 21.6. The maximum absolute atomic E-state index is 13.8. The van der Waals surface area contributed by atoms with E-state index >= 15 is 0 Å². The second kappa shape index (κ2) is 10.4. The number of imide groups is 1. The Morgan fingerprint density at radius 2 is 1.72 bits per heavy atom. The molecule has 1 aliphatic rings. The molecule has 1 unspecified atom stereocenters. The van der Waals surface area contributed by atoms with Crippen molar-refractivity contribution in [3.05, 3.63) is 88.6 Å². The number of hydrogen-bond acceptors (Lipinski definition) is 6. The molecule has 0 radical (unpaired) electrons. The molecule has 11 heteroatoms. The van der Waals surface area contributed by atoms with Gasteiger partial charge in [-0.05, 0) is 69.2 Å². The van der Waals surface area contributed by atoms with Crippen LogP contribution in [0.5, 0.6) is 0 Å². The minimum Gasteiger partial charge on any atom is -0.361 e. The van der Waals surface area contributed by atoms with E-state index in [0.717, 1.165) is 32.8 Å². The number of benzene rings is 2. The molecule has 0 aliphatic carbocycles. The Kier molecular flexibility index (Phi) is 6.88. The molecule has 0 spiro atoms. The summed E-state index contributed by atoms with van der Waals surface area (Å²) in [5, 5.41) is 6.37. The SMILES string of the molecule is Cc1cc(C)nc(NC(=NCCc2c[nH]c3ccc(F)cc23)NC(=O)C(C)N2C(=O)c3ccccc3C2=O)n1. The van der Waals surface area contributed by atoms with Gasteiger partial charge in [0.25, 0.3) is 11.8 Å². The number of carbonyl (C=O) groups is 3. The first-order chi connectivity index (χ1) is 18.7. The number of aryl methyl sites for hydroxylation is 2. The Morgan fingerprint density at radius 1 is 1.05 bits per heavy atom. The Hall–Kier alpha value is -4.93. The molecule has 0 fully saturated rings. The van der Waals surface area contributed by atoms with Gasteiger partial charge in [0.1, 0.15) is 11.9 Å². The van der Waals surface area contributed by atoms with E-state index < -0.39 is 23.8 Å². The van der Waals surface area contributed by atoms with Gasteiger partial charge in [0.05, 0.1) is 11.1 Å². The van der Waals surface area contributed by atoms with Crippen LogP contribution < -0.4 is 10.6 Å². The number of guanidine groups is 1. The average molecular weight is 528 g/mol. The van der Waals surface area contributed by atoms with E-state index in [1.165, 1.54) is 19.1 Å². The van der Waals surface area contributed by atoms with Gasteiger partial charge in [0, 0.05) is 35.0 Å². The Balaban J connectivity index is 1.36. The van der Waals surface area contributed by atoms with Crippen LogP contribution in [0, 0.1) is 19.7 Å². The lowest BCUT2D eigenvalue weighted by molar-refractivity contribution is -0.123. The number of aliphatic imine (C=N–C) groups is 1. The molecule has 3 N–H and O–H groups in total. The predicted molar refractivity (Wildman–Crippen MR) is 144 cm³/mol. The molecule has 0 saturated heterocycles. The molecule has 1 atom stereocenters. The second-order valence-corrected chi connectivity index (χ2v) is 9.27. The molecule has 39 heavy (non-hydrogen) atoms. The zero-order chi connectivity index (χ0) is 27.7. The highest BCUT2D eigenvalue weighted by atomic mass is 19.1. The number of amides is 3. The summed E-state index contributed by atoms with van der Waals surface area (Å²) in [6, 6.07) is 11.7. The highest BCUT2D eigenvalue weighted by Crippen LogP contribution is 2.24. The summed E-state index contributed by atoms with van der Waals surface area (Å²) >= 11 is 0. The van der Waals surface area contributed by atoms with E-state index in [0.29, 0.717) is 6.42 Å². The molecule has 198 valence electrons. The maximum Gasteiger partial charge on any atom is 0.262 e. The maximum atomic E-state index is 13.8. The smallest absolute Gasteiger partial charge is 0.262 e. The number of nitrogens with one attached hydrogen (secondary N) is 3. The third-order valence-corrected chi connectivity index (χ3v) is 6.43. The van der Waals surface area contributed by atoms with Crippen molar-refractivity contribution in [1.82, 2.24) is 25.2 Å². The summed E-state index contributed by atoms with van der Waals surface area (Å²) in [5.74, 6) is -1.73. The zero-order valence-corrected chi connectivity index (χ0v) is 21.6. The summed E-state index contributed by atoms with van der Waals surface area (Å²) in [5.41, 5.74) is 3.62. The summed E-state index contributed by atoms with van der Waals surface area (Å²) in [4.78, 5) is 56.2. The van der Waals surface area contributed by atoms with E-state index in [-0.39, 0.29) is 35.4 Å². The largest absolute Gasteiger partial charge is 0.361 e. The number of aromatic amines is 1. The van der Waals surface area contributed by atoms with Crippen LogP contribution in [0.25, 0.3) is 10.9 Å². The van der Waals surface area contributed by atoms with Gasteiger partial charge in [-0.15, -0.1) is 0 Å². The molecule has 0 saturated carbocycles. The molecule has 3 heterocycles. The molecule has 10 nitrogen and oxygen atoms in total. The number of nitrogens with zero attached hydrogens (tertiary/aromatic N) is 4. The quantitative estimate of drug-likeness (QED) is 0.200. The number of anilines is 1. The number of aromatic nitrogens is 3. The Bertz CT molecular complexity index is 1590. The predicted octanol–water partition coefficient (Wildman–Crippen LogP) is 3.53. The van der Waals surface area contributed by atoms with Crippen LogP contribution in [0.2, 0.25) is 0 Å². The lowest BCUT2D eigenvalue weighted by Gasteiger charge is -2.22. The molecule has 1 aliphatic heterocycles. The van der Waals surface area contributed by atoms with Crippen molar-refractivity contribution < 1.29 is 18.8 Å².